The van der Waals surface area contributed by atoms with Crippen LogP contribution in [0.4, 0.5) is 0 Å². The molecule has 0 aromatic heterocycles. The normalized spacial score (nSPS) is 55.4. The predicted molar refractivity (Wildman–Crippen MR) is 54.4 cm³/mol. The van der Waals surface area contributed by atoms with Crippen molar-refractivity contribution in [2.75, 3.05) is 46.6 Å². The van der Waals surface area contributed by atoms with Crippen molar-refractivity contribution in [1.82, 2.24) is 19.6 Å². The first-order valence-corrected chi connectivity index (χ1v) is 5.75. The molecule has 0 unspecified atom stereocenters. The lowest BCUT2D eigenvalue weighted by molar-refractivity contribution is -0.289. The minimum absolute atomic E-state index is 0.371. The zero-order chi connectivity index (χ0) is 10.0. The second-order valence-electron chi connectivity index (χ2n) is 5.75. The summed E-state index contributed by atoms with van der Waals surface area (Å²) in [6.45, 7) is 9.98. The molecule has 5 aliphatic rings. The Kier molecular flexibility index (Phi) is 1.62. The summed E-state index contributed by atoms with van der Waals surface area (Å²) < 4.78 is 5.41. The lowest BCUT2D eigenvalue weighted by atomic mass is 9.82. The minimum Gasteiger partial charge on any atom is -0.380 e. The van der Waals surface area contributed by atoms with Crippen LogP contribution in [0.3, 0.4) is 0 Å². The highest BCUT2D eigenvalue weighted by atomic mass is 16.5. The Balaban J connectivity index is 1.65. The molecular weight excluding hydrogens is 192 g/mol. The number of rotatable bonds is 1. The van der Waals surface area contributed by atoms with E-state index in [-0.39, 0.29) is 0 Å². The highest BCUT2D eigenvalue weighted by Gasteiger charge is 2.53. The number of hydrogen-bond donors (Lipinski definition) is 0. The van der Waals surface area contributed by atoms with E-state index in [1.807, 2.05) is 0 Å². The van der Waals surface area contributed by atoms with Gasteiger partial charge in [0.25, 0.3) is 0 Å². The third-order valence-corrected chi connectivity index (χ3v) is 4.11. The first-order chi connectivity index (χ1) is 7.24. The van der Waals surface area contributed by atoms with Crippen molar-refractivity contribution in [3.8, 4) is 0 Å². The largest absolute Gasteiger partial charge is 0.380 e. The molecule has 5 rings (SSSR count). The average molecular weight is 210 g/mol. The van der Waals surface area contributed by atoms with Crippen molar-refractivity contribution >= 4 is 0 Å². The van der Waals surface area contributed by atoms with Gasteiger partial charge in [0, 0.05) is 5.41 Å². The lowest BCUT2D eigenvalue weighted by Gasteiger charge is -2.65. The highest BCUT2D eigenvalue weighted by molar-refractivity contribution is 4.99. The fourth-order valence-electron chi connectivity index (χ4n) is 3.66. The molecule has 84 valence electrons. The molecule has 5 heteroatoms. The van der Waals surface area contributed by atoms with Gasteiger partial charge in [0.15, 0.2) is 0 Å². The molecule has 4 bridgehead atoms. The van der Waals surface area contributed by atoms with Gasteiger partial charge in [0.2, 0.25) is 0 Å². The van der Waals surface area contributed by atoms with E-state index in [0.717, 1.165) is 46.6 Å². The van der Waals surface area contributed by atoms with Crippen LogP contribution in [0.5, 0.6) is 0 Å². The summed E-state index contributed by atoms with van der Waals surface area (Å²) in [5, 5.41) is 0. The van der Waals surface area contributed by atoms with E-state index in [1.54, 1.807) is 0 Å². The van der Waals surface area contributed by atoms with Crippen molar-refractivity contribution in [1.29, 1.82) is 0 Å². The van der Waals surface area contributed by atoms with E-state index in [2.05, 4.69) is 26.5 Å². The summed E-state index contributed by atoms with van der Waals surface area (Å²) in [5.41, 5.74) is 0.371. The van der Waals surface area contributed by atoms with E-state index < -0.39 is 0 Å². The summed E-state index contributed by atoms with van der Waals surface area (Å²) in [7, 11) is 0. The first-order valence-electron chi connectivity index (χ1n) is 5.75. The maximum Gasteiger partial charge on any atom is 0.0765 e. The molecule has 0 aromatic rings. The van der Waals surface area contributed by atoms with Crippen LogP contribution in [0, 0.1) is 5.41 Å². The van der Waals surface area contributed by atoms with Gasteiger partial charge in [-0.3, -0.25) is 19.6 Å². The summed E-state index contributed by atoms with van der Waals surface area (Å²) in [4.78, 5) is 10.2. The molecule has 5 saturated heterocycles. The summed E-state index contributed by atoms with van der Waals surface area (Å²) in [5.74, 6) is 0. The van der Waals surface area contributed by atoms with Gasteiger partial charge in [-0.2, -0.15) is 0 Å². The zero-order valence-electron chi connectivity index (χ0n) is 9.22. The smallest absolute Gasteiger partial charge is 0.0765 e. The van der Waals surface area contributed by atoms with Crippen molar-refractivity contribution in [2.24, 2.45) is 5.41 Å². The molecule has 0 N–H and O–H groups in total. The van der Waals surface area contributed by atoms with E-state index >= 15 is 0 Å². The van der Waals surface area contributed by atoms with Crippen LogP contribution in [0.15, 0.2) is 0 Å². The fraction of sp³-hybridized carbons (Fsp3) is 1.00. The van der Waals surface area contributed by atoms with Gasteiger partial charge < -0.3 is 4.74 Å². The molecule has 0 spiro atoms. The van der Waals surface area contributed by atoms with E-state index in [9.17, 15) is 0 Å². The topological polar surface area (TPSA) is 22.2 Å². The average Bonchev–Trinajstić information content (AvgIpc) is 2.13. The summed E-state index contributed by atoms with van der Waals surface area (Å²) in [6.07, 6.45) is 0.610. The number of ether oxygens (including phenoxy) is 1. The van der Waals surface area contributed by atoms with Gasteiger partial charge in [-0.1, -0.05) is 6.92 Å². The van der Waals surface area contributed by atoms with E-state index in [4.69, 9.17) is 4.74 Å². The fourth-order valence-corrected chi connectivity index (χ4v) is 3.66. The van der Waals surface area contributed by atoms with Crippen LogP contribution in [-0.2, 0) is 4.74 Å². The van der Waals surface area contributed by atoms with E-state index in [1.165, 1.54) is 0 Å². The second-order valence-corrected chi connectivity index (χ2v) is 5.75. The Morgan fingerprint density at radius 2 is 1.47 bits per heavy atom. The number of nitrogens with zero attached hydrogens (tertiary/aromatic N) is 4. The van der Waals surface area contributed by atoms with Gasteiger partial charge in [0.1, 0.15) is 0 Å². The van der Waals surface area contributed by atoms with Gasteiger partial charge >= 0.3 is 0 Å². The molecule has 0 amide bonds. The molecule has 5 nitrogen and oxygen atoms in total. The van der Waals surface area contributed by atoms with Crippen molar-refractivity contribution in [3.05, 3.63) is 0 Å². The van der Waals surface area contributed by atoms with Crippen LogP contribution in [0.1, 0.15) is 6.92 Å². The molecule has 0 saturated carbocycles. The van der Waals surface area contributed by atoms with Crippen LogP contribution >= 0.6 is 0 Å². The zero-order valence-corrected chi connectivity index (χ0v) is 9.22. The SMILES string of the molecule is CC1(C2N3CN4CN(C3)CN2C4)COC1. The minimum atomic E-state index is 0.371. The standard InChI is InChI=1S/C10H18N4O/c1-10(2-15-3-10)9-13-5-11-4-12(7-13)8-14(9)6-11/h9H,2-8H2,1H3. The maximum atomic E-state index is 5.41. The number of hydrogen-bond acceptors (Lipinski definition) is 5. The van der Waals surface area contributed by atoms with E-state index in [0.29, 0.717) is 11.6 Å². The Labute approximate surface area is 90.2 Å². The van der Waals surface area contributed by atoms with Gasteiger partial charge in [0.05, 0.1) is 52.7 Å². The maximum absolute atomic E-state index is 5.41. The summed E-state index contributed by atoms with van der Waals surface area (Å²) in [6, 6.07) is 0. The Morgan fingerprint density at radius 3 is 1.87 bits per heavy atom. The quantitative estimate of drug-likeness (QED) is 0.574. The molecular formula is C10H18N4O. The molecule has 5 fully saturated rings. The van der Waals surface area contributed by atoms with Gasteiger partial charge in [-0.15, -0.1) is 0 Å². The molecule has 5 heterocycles. The Hall–Kier alpha value is -0.200. The van der Waals surface area contributed by atoms with Crippen molar-refractivity contribution < 1.29 is 4.74 Å². The first kappa shape index (κ1) is 8.90. The van der Waals surface area contributed by atoms with Gasteiger partial charge in [-0.05, 0) is 0 Å². The van der Waals surface area contributed by atoms with Crippen molar-refractivity contribution in [2.45, 2.75) is 13.1 Å². The Morgan fingerprint density at radius 1 is 0.933 bits per heavy atom. The van der Waals surface area contributed by atoms with Crippen LogP contribution in [-0.4, -0.2) is 72.3 Å². The van der Waals surface area contributed by atoms with Crippen LogP contribution in [0.25, 0.3) is 0 Å². The molecule has 5 aliphatic heterocycles. The Bertz CT molecular complexity index is 263. The third-order valence-electron chi connectivity index (χ3n) is 4.11. The van der Waals surface area contributed by atoms with Crippen LogP contribution in [0.2, 0.25) is 0 Å². The third kappa shape index (κ3) is 1.10. The molecule has 0 atom stereocenters. The van der Waals surface area contributed by atoms with Gasteiger partial charge in [-0.25, -0.2) is 0 Å². The second kappa shape index (κ2) is 2.73. The lowest BCUT2D eigenvalue weighted by Crippen LogP contribution is -2.80. The summed E-state index contributed by atoms with van der Waals surface area (Å²) >= 11 is 0. The molecule has 0 aromatic carbocycles. The van der Waals surface area contributed by atoms with Crippen LogP contribution < -0.4 is 0 Å². The molecule has 15 heavy (non-hydrogen) atoms. The predicted octanol–water partition coefficient (Wildman–Crippen LogP) is -0.615. The highest BCUT2D eigenvalue weighted by Crippen LogP contribution is 2.40. The molecule has 0 aliphatic carbocycles. The molecule has 0 radical (unpaired) electrons. The monoisotopic (exact) mass is 210 g/mol. The van der Waals surface area contributed by atoms with Crippen molar-refractivity contribution in [3.63, 3.8) is 0 Å².